The molecule has 0 saturated heterocycles. The monoisotopic (exact) mass is 294 g/mol. The predicted octanol–water partition coefficient (Wildman–Crippen LogP) is 3.05. The summed E-state index contributed by atoms with van der Waals surface area (Å²) in [4.78, 5) is 11.9. The van der Waals surface area contributed by atoms with E-state index < -0.39 is 0 Å². The van der Waals surface area contributed by atoms with E-state index in [0.29, 0.717) is 13.0 Å². The maximum atomic E-state index is 11.9. The second-order valence-corrected chi connectivity index (χ2v) is 6.26. The standard InChI is InChI=1S/C16H23ClN2O/c17-14-6-4-13(5-7-14)8-11-19-15(20)12-16(18)9-2-1-3-10-16/h4-7H,1-3,8-12,18H2,(H,19,20). The van der Waals surface area contributed by atoms with E-state index in [-0.39, 0.29) is 11.4 Å². The number of rotatable bonds is 5. The molecule has 1 amide bonds. The highest BCUT2D eigenvalue weighted by atomic mass is 35.5. The van der Waals surface area contributed by atoms with E-state index in [1.165, 1.54) is 12.0 Å². The lowest BCUT2D eigenvalue weighted by Gasteiger charge is -2.32. The molecule has 1 saturated carbocycles. The van der Waals surface area contributed by atoms with E-state index in [9.17, 15) is 4.79 Å². The molecule has 2 rings (SSSR count). The SMILES string of the molecule is NC1(CC(=O)NCCc2ccc(Cl)cc2)CCCCC1. The molecule has 0 spiro atoms. The van der Waals surface area contributed by atoms with Crippen molar-refractivity contribution in [2.75, 3.05) is 6.54 Å². The molecule has 1 fully saturated rings. The number of amides is 1. The Morgan fingerprint density at radius 3 is 2.50 bits per heavy atom. The molecule has 0 bridgehead atoms. The molecule has 1 aliphatic carbocycles. The third kappa shape index (κ3) is 4.80. The molecule has 0 heterocycles. The lowest BCUT2D eigenvalue weighted by Crippen LogP contribution is -2.46. The van der Waals surface area contributed by atoms with Gasteiger partial charge in [-0.3, -0.25) is 4.79 Å². The van der Waals surface area contributed by atoms with Gasteiger partial charge in [0.2, 0.25) is 5.91 Å². The van der Waals surface area contributed by atoms with E-state index in [1.54, 1.807) is 0 Å². The molecule has 0 atom stereocenters. The summed E-state index contributed by atoms with van der Waals surface area (Å²) in [5.41, 5.74) is 7.18. The number of hydrogen-bond acceptors (Lipinski definition) is 2. The number of halogens is 1. The Morgan fingerprint density at radius 1 is 1.20 bits per heavy atom. The van der Waals surface area contributed by atoms with Crippen LogP contribution in [0, 0.1) is 0 Å². The first-order valence-electron chi connectivity index (χ1n) is 7.37. The molecule has 0 aliphatic heterocycles. The van der Waals surface area contributed by atoms with Gasteiger partial charge < -0.3 is 11.1 Å². The van der Waals surface area contributed by atoms with Gasteiger partial charge in [-0.1, -0.05) is 43.0 Å². The van der Waals surface area contributed by atoms with Crippen LogP contribution in [0.25, 0.3) is 0 Å². The van der Waals surface area contributed by atoms with Crippen molar-refractivity contribution >= 4 is 17.5 Å². The minimum Gasteiger partial charge on any atom is -0.356 e. The summed E-state index contributed by atoms with van der Waals surface area (Å²) >= 11 is 5.84. The Hall–Kier alpha value is -1.06. The molecule has 1 aliphatic rings. The van der Waals surface area contributed by atoms with E-state index in [1.807, 2.05) is 24.3 Å². The van der Waals surface area contributed by atoms with Gasteiger partial charge in [-0.05, 0) is 37.0 Å². The molecule has 3 nitrogen and oxygen atoms in total. The van der Waals surface area contributed by atoms with Crippen LogP contribution in [0.5, 0.6) is 0 Å². The van der Waals surface area contributed by atoms with Gasteiger partial charge in [-0.15, -0.1) is 0 Å². The number of nitrogens with one attached hydrogen (secondary N) is 1. The fraction of sp³-hybridized carbons (Fsp3) is 0.562. The fourth-order valence-electron chi connectivity index (χ4n) is 2.81. The van der Waals surface area contributed by atoms with E-state index in [2.05, 4.69) is 5.32 Å². The summed E-state index contributed by atoms with van der Waals surface area (Å²) in [6.07, 6.45) is 6.75. The summed E-state index contributed by atoms with van der Waals surface area (Å²) in [7, 11) is 0. The average Bonchev–Trinajstić information content (AvgIpc) is 2.41. The fourth-order valence-corrected chi connectivity index (χ4v) is 2.94. The molecular formula is C16H23ClN2O. The highest BCUT2D eigenvalue weighted by Crippen LogP contribution is 2.28. The van der Waals surface area contributed by atoms with Gasteiger partial charge in [0.25, 0.3) is 0 Å². The molecule has 1 aromatic carbocycles. The van der Waals surface area contributed by atoms with Crippen LogP contribution in [0.4, 0.5) is 0 Å². The maximum Gasteiger partial charge on any atom is 0.221 e. The Balaban J connectivity index is 1.71. The summed E-state index contributed by atoms with van der Waals surface area (Å²) in [6, 6.07) is 7.71. The molecule has 3 N–H and O–H groups in total. The largest absolute Gasteiger partial charge is 0.356 e. The normalized spacial score (nSPS) is 17.7. The first-order valence-corrected chi connectivity index (χ1v) is 7.75. The van der Waals surface area contributed by atoms with Crippen molar-refractivity contribution in [2.45, 2.75) is 50.5 Å². The molecule has 4 heteroatoms. The molecule has 110 valence electrons. The zero-order valence-electron chi connectivity index (χ0n) is 11.8. The van der Waals surface area contributed by atoms with Crippen LogP contribution >= 0.6 is 11.6 Å². The van der Waals surface area contributed by atoms with Crippen molar-refractivity contribution in [2.24, 2.45) is 5.73 Å². The first kappa shape index (κ1) is 15.3. The molecule has 1 aromatic rings. The molecular weight excluding hydrogens is 272 g/mol. The van der Waals surface area contributed by atoms with Crippen LogP contribution in [-0.4, -0.2) is 18.0 Å². The number of hydrogen-bond donors (Lipinski definition) is 2. The number of carbonyl (C=O) groups excluding carboxylic acids is 1. The van der Waals surface area contributed by atoms with Gasteiger partial charge in [0.05, 0.1) is 0 Å². The van der Waals surface area contributed by atoms with Crippen LogP contribution in [0.3, 0.4) is 0 Å². The maximum absolute atomic E-state index is 11.9. The van der Waals surface area contributed by atoms with E-state index in [0.717, 1.165) is 37.1 Å². The lowest BCUT2D eigenvalue weighted by atomic mass is 9.80. The van der Waals surface area contributed by atoms with Gasteiger partial charge >= 0.3 is 0 Å². The third-order valence-corrected chi connectivity index (χ3v) is 4.26. The average molecular weight is 295 g/mol. The minimum atomic E-state index is -0.275. The third-order valence-electron chi connectivity index (χ3n) is 4.01. The van der Waals surface area contributed by atoms with Gasteiger partial charge in [0, 0.05) is 23.5 Å². The second-order valence-electron chi connectivity index (χ2n) is 5.83. The van der Waals surface area contributed by atoms with E-state index in [4.69, 9.17) is 17.3 Å². The van der Waals surface area contributed by atoms with Crippen LogP contribution in [-0.2, 0) is 11.2 Å². The Kier molecular flexibility index (Phi) is 5.44. The highest BCUT2D eigenvalue weighted by Gasteiger charge is 2.29. The zero-order chi connectivity index (χ0) is 14.4. The van der Waals surface area contributed by atoms with Crippen molar-refractivity contribution in [3.63, 3.8) is 0 Å². The number of carbonyl (C=O) groups is 1. The topological polar surface area (TPSA) is 55.1 Å². The molecule has 0 aromatic heterocycles. The van der Waals surface area contributed by atoms with Crippen LogP contribution in [0.1, 0.15) is 44.1 Å². The number of benzene rings is 1. The lowest BCUT2D eigenvalue weighted by molar-refractivity contribution is -0.122. The van der Waals surface area contributed by atoms with Crippen LogP contribution < -0.4 is 11.1 Å². The Labute approximate surface area is 125 Å². The van der Waals surface area contributed by atoms with Crippen molar-refractivity contribution in [1.82, 2.24) is 5.32 Å². The number of nitrogens with two attached hydrogens (primary N) is 1. The Bertz CT molecular complexity index is 438. The summed E-state index contributed by atoms with van der Waals surface area (Å²) in [5, 5.41) is 3.70. The summed E-state index contributed by atoms with van der Waals surface area (Å²) in [6.45, 7) is 0.649. The summed E-state index contributed by atoms with van der Waals surface area (Å²) in [5.74, 6) is 0.0726. The van der Waals surface area contributed by atoms with Crippen LogP contribution in [0.15, 0.2) is 24.3 Å². The molecule has 0 unspecified atom stereocenters. The second kappa shape index (κ2) is 7.09. The van der Waals surface area contributed by atoms with Gasteiger partial charge in [0.1, 0.15) is 0 Å². The molecule has 0 radical (unpaired) electrons. The van der Waals surface area contributed by atoms with Gasteiger partial charge in [-0.25, -0.2) is 0 Å². The van der Waals surface area contributed by atoms with Crippen molar-refractivity contribution in [1.29, 1.82) is 0 Å². The Morgan fingerprint density at radius 2 is 1.85 bits per heavy atom. The van der Waals surface area contributed by atoms with Crippen molar-refractivity contribution in [3.8, 4) is 0 Å². The smallest absolute Gasteiger partial charge is 0.221 e. The quantitative estimate of drug-likeness (QED) is 0.877. The van der Waals surface area contributed by atoms with Crippen molar-refractivity contribution in [3.05, 3.63) is 34.9 Å². The summed E-state index contributed by atoms with van der Waals surface area (Å²) < 4.78 is 0. The highest BCUT2D eigenvalue weighted by molar-refractivity contribution is 6.30. The van der Waals surface area contributed by atoms with E-state index >= 15 is 0 Å². The molecule has 20 heavy (non-hydrogen) atoms. The minimum absolute atomic E-state index is 0.0726. The van der Waals surface area contributed by atoms with Crippen LogP contribution in [0.2, 0.25) is 5.02 Å². The van der Waals surface area contributed by atoms with Crippen molar-refractivity contribution < 1.29 is 4.79 Å². The van der Waals surface area contributed by atoms with Gasteiger partial charge in [0.15, 0.2) is 0 Å². The predicted molar refractivity (Wildman–Crippen MR) is 82.8 cm³/mol. The zero-order valence-corrected chi connectivity index (χ0v) is 12.6. The first-order chi connectivity index (χ1) is 9.57. The van der Waals surface area contributed by atoms with Gasteiger partial charge in [-0.2, -0.15) is 0 Å².